The number of ether oxygens (including phenoxy) is 1. The van der Waals surface area contributed by atoms with E-state index in [1.807, 2.05) is 49.4 Å². The van der Waals surface area contributed by atoms with Gasteiger partial charge in [0, 0.05) is 26.2 Å². The first kappa shape index (κ1) is 16.3. The van der Waals surface area contributed by atoms with Crippen molar-refractivity contribution >= 4 is 17.6 Å². The maximum Gasteiger partial charge on any atom is 0.410 e. The molecule has 2 aromatic heterocycles. The number of carbonyl (C=O) groups excluding carboxylic acids is 1. The molecule has 0 N–H and O–H groups in total. The van der Waals surface area contributed by atoms with E-state index in [1.54, 1.807) is 9.42 Å². The van der Waals surface area contributed by atoms with Crippen molar-refractivity contribution in [3.05, 3.63) is 53.9 Å². The Hall–Kier alpha value is -3.16. The first-order valence-corrected chi connectivity index (χ1v) is 8.60. The van der Waals surface area contributed by atoms with Gasteiger partial charge in [0.2, 0.25) is 0 Å². The van der Waals surface area contributed by atoms with E-state index in [4.69, 9.17) is 4.74 Å². The first-order chi connectivity index (χ1) is 12.7. The van der Waals surface area contributed by atoms with Crippen LogP contribution < -0.4 is 4.90 Å². The number of benzene rings is 1. The van der Waals surface area contributed by atoms with E-state index in [0.717, 1.165) is 22.9 Å². The normalized spacial score (nSPS) is 14.7. The molecule has 0 bridgehead atoms. The molecule has 1 fully saturated rings. The quantitative estimate of drug-likeness (QED) is 0.716. The molecule has 1 aliphatic heterocycles. The van der Waals surface area contributed by atoms with Crippen molar-refractivity contribution in [2.45, 2.75) is 13.5 Å². The van der Waals surface area contributed by atoms with E-state index in [1.165, 1.54) is 0 Å². The minimum absolute atomic E-state index is 0.272. The summed E-state index contributed by atoms with van der Waals surface area (Å²) in [6.07, 6.45) is -0.272. The van der Waals surface area contributed by atoms with Crippen LogP contribution in [-0.2, 0) is 11.3 Å². The molecule has 0 saturated carbocycles. The minimum Gasteiger partial charge on any atom is -0.445 e. The van der Waals surface area contributed by atoms with E-state index >= 15 is 0 Å². The van der Waals surface area contributed by atoms with Gasteiger partial charge in [-0.15, -0.1) is 15.3 Å². The number of fused-ring (bicyclic) bond motifs is 1. The predicted molar refractivity (Wildman–Crippen MR) is 95.9 cm³/mol. The van der Waals surface area contributed by atoms with Gasteiger partial charge in [-0.1, -0.05) is 30.3 Å². The van der Waals surface area contributed by atoms with Crippen LogP contribution in [0.4, 0.5) is 10.6 Å². The number of rotatable bonds is 3. The summed E-state index contributed by atoms with van der Waals surface area (Å²) in [5.41, 5.74) is 1.72. The SMILES string of the molecule is Cc1nnc2ccc(N3CCN(C(=O)OCc4ccccc4)CC3)nn12. The fraction of sp³-hybridized carbons (Fsp3) is 0.333. The Bertz CT molecular complexity index is 902. The van der Waals surface area contributed by atoms with Crippen molar-refractivity contribution in [3.8, 4) is 0 Å². The molecule has 0 atom stereocenters. The molecule has 26 heavy (non-hydrogen) atoms. The highest BCUT2D eigenvalue weighted by atomic mass is 16.6. The molecule has 4 rings (SSSR count). The van der Waals surface area contributed by atoms with Crippen molar-refractivity contribution in [1.82, 2.24) is 24.7 Å². The number of piperazine rings is 1. The second-order valence-corrected chi connectivity index (χ2v) is 6.22. The van der Waals surface area contributed by atoms with E-state index in [0.29, 0.717) is 32.8 Å². The third-order valence-corrected chi connectivity index (χ3v) is 4.47. The average molecular weight is 352 g/mol. The molecule has 134 valence electrons. The lowest BCUT2D eigenvalue weighted by Crippen LogP contribution is -2.49. The zero-order valence-electron chi connectivity index (χ0n) is 14.6. The topological polar surface area (TPSA) is 75.9 Å². The van der Waals surface area contributed by atoms with Crippen LogP contribution in [0.15, 0.2) is 42.5 Å². The van der Waals surface area contributed by atoms with Gasteiger partial charge in [-0.05, 0) is 24.6 Å². The zero-order chi connectivity index (χ0) is 17.9. The molecule has 8 nitrogen and oxygen atoms in total. The highest BCUT2D eigenvalue weighted by molar-refractivity contribution is 5.68. The molecule has 0 unspecified atom stereocenters. The Morgan fingerprint density at radius 2 is 1.81 bits per heavy atom. The summed E-state index contributed by atoms with van der Waals surface area (Å²) in [6.45, 7) is 4.80. The number of aryl methyl sites for hydroxylation is 1. The molecule has 8 heteroatoms. The highest BCUT2D eigenvalue weighted by Crippen LogP contribution is 2.15. The Labute approximate surface area is 151 Å². The van der Waals surface area contributed by atoms with E-state index in [-0.39, 0.29) is 6.09 Å². The number of anilines is 1. The Balaban J connectivity index is 1.34. The van der Waals surface area contributed by atoms with Crippen LogP contribution in [0.3, 0.4) is 0 Å². The molecule has 1 aromatic carbocycles. The number of hydrogen-bond donors (Lipinski definition) is 0. The Morgan fingerprint density at radius 1 is 1.04 bits per heavy atom. The lowest BCUT2D eigenvalue weighted by Gasteiger charge is -2.34. The van der Waals surface area contributed by atoms with Crippen molar-refractivity contribution in [1.29, 1.82) is 0 Å². The maximum atomic E-state index is 12.2. The smallest absolute Gasteiger partial charge is 0.410 e. The fourth-order valence-electron chi connectivity index (χ4n) is 2.98. The van der Waals surface area contributed by atoms with Crippen LogP contribution in [0.25, 0.3) is 5.65 Å². The number of hydrogen-bond acceptors (Lipinski definition) is 6. The third kappa shape index (κ3) is 3.30. The summed E-state index contributed by atoms with van der Waals surface area (Å²) in [4.78, 5) is 16.1. The summed E-state index contributed by atoms with van der Waals surface area (Å²) in [5, 5.41) is 12.7. The average Bonchev–Trinajstić information content (AvgIpc) is 3.07. The predicted octanol–water partition coefficient (Wildman–Crippen LogP) is 1.89. The second kappa shape index (κ2) is 6.99. The van der Waals surface area contributed by atoms with Crippen LogP contribution >= 0.6 is 0 Å². The van der Waals surface area contributed by atoms with Crippen LogP contribution in [0.1, 0.15) is 11.4 Å². The summed E-state index contributed by atoms with van der Waals surface area (Å²) in [6, 6.07) is 13.5. The number of aromatic nitrogens is 4. The molecule has 3 aromatic rings. The Kier molecular flexibility index (Phi) is 4.39. The van der Waals surface area contributed by atoms with Gasteiger partial charge in [-0.2, -0.15) is 4.52 Å². The van der Waals surface area contributed by atoms with E-state index in [2.05, 4.69) is 20.2 Å². The molecular weight excluding hydrogens is 332 g/mol. The molecule has 1 aliphatic rings. The van der Waals surface area contributed by atoms with Gasteiger partial charge >= 0.3 is 6.09 Å². The second-order valence-electron chi connectivity index (χ2n) is 6.22. The van der Waals surface area contributed by atoms with E-state index < -0.39 is 0 Å². The van der Waals surface area contributed by atoms with Crippen molar-refractivity contribution in [2.75, 3.05) is 31.1 Å². The van der Waals surface area contributed by atoms with Crippen molar-refractivity contribution in [3.63, 3.8) is 0 Å². The van der Waals surface area contributed by atoms with Crippen molar-refractivity contribution in [2.24, 2.45) is 0 Å². The molecule has 0 radical (unpaired) electrons. The molecule has 0 spiro atoms. The van der Waals surface area contributed by atoms with Crippen molar-refractivity contribution < 1.29 is 9.53 Å². The number of carbonyl (C=O) groups is 1. The summed E-state index contributed by atoms with van der Waals surface area (Å²) >= 11 is 0. The van der Waals surface area contributed by atoms with Crippen LogP contribution in [0.5, 0.6) is 0 Å². The lowest BCUT2D eigenvalue weighted by molar-refractivity contribution is 0.0941. The summed E-state index contributed by atoms with van der Waals surface area (Å²) in [5.74, 6) is 1.61. The standard InChI is InChI=1S/C18H20N6O2/c1-14-19-20-16-7-8-17(21-24(14)16)22-9-11-23(12-10-22)18(25)26-13-15-5-3-2-4-6-15/h2-8H,9-13H2,1H3. The lowest BCUT2D eigenvalue weighted by atomic mass is 10.2. The zero-order valence-corrected chi connectivity index (χ0v) is 14.6. The summed E-state index contributed by atoms with van der Waals surface area (Å²) in [7, 11) is 0. The minimum atomic E-state index is -0.272. The fourth-order valence-corrected chi connectivity index (χ4v) is 2.98. The van der Waals surface area contributed by atoms with Gasteiger partial charge in [-0.25, -0.2) is 4.79 Å². The largest absolute Gasteiger partial charge is 0.445 e. The van der Waals surface area contributed by atoms with E-state index in [9.17, 15) is 4.79 Å². The maximum absolute atomic E-state index is 12.2. The van der Waals surface area contributed by atoms with Gasteiger partial charge in [0.25, 0.3) is 0 Å². The number of amides is 1. The van der Waals surface area contributed by atoms with Gasteiger partial charge in [-0.3, -0.25) is 0 Å². The van der Waals surface area contributed by atoms with Gasteiger partial charge in [0.1, 0.15) is 12.4 Å². The first-order valence-electron chi connectivity index (χ1n) is 8.60. The Morgan fingerprint density at radius 3 is 2.58 bits per heavy atom. The molecule has 1 amide bonds. The van der Waals surface area contributed by atoms with Gasteiger partial charge < -0.3 is 14.5 Å². The molecule has 1 saturated heterocycles. The third-order valence-electron chi connectivity index (χ3n) is 4.47. The van der Waals surface area contributed by atoms with Gasteiger partial charge in [0.15, 0.2) is 11.5 Å². The molecular formula is C18H20N6O2. The van der Waals surface area contributed by atoms with Crippen LogP contribution in [-0.4, -0.2) is 57.0 Å². The van der Waals surface area contributed by atoms with Gasteiger partial charge in [0.05, 0.1) is 0 Å². The highest BCUT2D eigenvalue weighted by Gasteiger charge is 2.23. The number of nitrogens with zero attached hydrogens (tertiary/aromatic N) is 6. The summed E-state index contributed by atoms with van der Waals surface area (Å²) < 4.78 is 7.14. The molecule has 0 aliphatic carbocycles. The van der Waals surface area contributed by atoms with Crippen LogP contribution in [0, 0.1) is 6.92 Å². The molecule has 3 heterocycles. The van der Waals surface area contributed by atoms with Crippen LogP contribution in [0.2, 0.25) is 0 Å². The monoisotopic (exact) mass is 352 g/mol.